The van der Waals surface area contributed by atoms with Gasteiger partial charge in [0.05, 0.1) is 6.67 Å². The Morgan fingerprint density at radius 1 is 1.45 bits per heavy atom. The van der Waals surface area contributed by atoms with Crippen LogP contribution >= 0.6 is 0 Å². The monoisotopic (exact) mass is 156 g/mol. The van der Waals surface area contributed by atoms with Crippen LogP contribution in [0.1, 0.15) is 27.2 Å². The number of hydrogen-bond donors (Lipinski definition) is 2. The molecule has 64 valence electrons. The first-order valence-electron chi connectivity index (χ1n) is 4.00. The zero-order chi connectivity index (χ0) is 8.48. The fourth-order valence-corrected chi connectivity index (χ4v) is 1.21. The highest BCUT2D eigenvalue weighted by Gasteiger charge is 2.28. The molecule has 0 aromatic carbocycles. The third-order valence-electron chi connectivity index (χ3n) is 2.07. The molecule has 0 aromatic rings. The molecule has 1 aliphatic heterocycles. The summed E-state index contributed by atoms with van der Waals surface area (Å²) in [5.74, 6) is 0.156. The molecule has 2 N–H and O–H groups in total. The molecule has 1 atom stereocenters. The van der Waals surface area contributed by atoms with E-state index in [1.54, 1.807) is 0 Å². The second-order valence-electron chi connectivity index (χ2n) is 4.10. The van der Waals surface area contributed by atoms with Gasteiger partial charge in [-0.3, -0.25) is 10.1 Å². The predicted molar refractivity (Wildman–Crippen MR) is 44.0 cm³/mol. The Kier molecular flexibility index (Phi) is 2.18. The molecule has 0 aromatic heterocycles. The quantitative estimate of drug-likeness (QED) is 0.535. The summed E-state index contributed by atoms with van der Waals surface area (Å²) in [7, 11) is 0. The summed E-state index contributed by atoms with van der Waals surface area (Å²) in [6.07, 6.45) is 0.601. The van der Waals surface area contributed by atoms with Crippen LogP contribution in [0.5, 0.6) is 0 Å². The van der Waals surface area contributed by atoms with Gasteiger partial charge in [0.25, 0.3) is 0 Å². The van der Waals surface area contributed by atoms with Crippen LogP contribution in [0, 0.1) is 5.41 Å². The van der Waals surface area contributed by atoms with E-state index in [4.69, 9.17) is 0 Å². The Morgan fingerprint density at radius 2 is 2.09 bits per heavy atom. The molecule has 1 aliphatic rings. The SMILES string of the molecule is CC(C)(C)C1CC(=O)NCN1. The topological polar surface area (TPSA) is 41.1 Å². The van der Waals surface area contributed by atoms with Crippen molar-refractivity contribution < 1.29 is 4.79 Å². The van der Waals surface area contributed by atoms with E-state index in [-0.39, 0.29) is 11.3 Å². The van der Waals surface area contributed by atoms with Gasteiger partial charge in [-0.05, 0) is 5.41 Å². The van der Waals surface area contributed by atoms with Gasteiger partial charge < -0.3 is 5.32 Å². The van der Waals surface area contributed by atoms with Gasteiger partial charge in [-0.1, -0.05) is 20.8 Å². The van der Waals surface area contributed by atoms with E-state index in [9.17, 15) is 4.79 Å². The maximum atomic E-state index is 11.0. The molecule has 1 saturated heterocycles. The summed E-state index contributed by atoms with van der Waals surface area (Å²) in [5, 5.41) is 5.99. The molecule has 0 bridgehead atoms. The number of rotatable bonds is 0. The average Bonchev–Trinajstić information content (AvgIpc) is 1.86. The van der Waals surface area contributed by atoms with Crippen molar-refractivity contribution in [1.82, 2.24) is 10.6 Å². The van der Waals surface area contributed by atoms with Gasteiger partial charge in [-0.25, -0.2) is 0 Å². The van der Waals surface area contributed by atoms with E-state index in [0.717, 1.165) is 0 Å². The van der Waals surface area contributed by atoms with E-state index >= 15 is 0 Å². The molecule has 0 spiro atoms. The van der Waals surface area contributed by atoms with Crippen molar-refractivity contribution in [3.63, 3.8) is 0 Å². The molecular weight excluding hydrogens is 140 g/mol. The minimum absolute atomic E-state index is 0.156. The first-order chi connectivity index (χ1) is 5.00. The number of carbonyl (C=O) groups is 1. The molecule has 0 aliphatic carbocycles. The molecule has 3 nitrogen and oxygen atoms in total. The number of amides is 1. The third kappa shape index (κ3) is 2.19. The van der Waals surface area contributed by atoms with Gasteiger partial charge in [0, 0.05) is 12.5 Å². The molecule has 11 heavy (non-hydrogen) atoms. The summed E-state index contributed by atoms with van der Waals surface area (Å²) in [4.78, 5) is 11.0. The number of nitrogens with one attached hydrogen (secondary N) is 2. The first-order valence-corrected chi connectivity index (χ1v) is 4.00. The zero-order valence-electron chi connectivity index (χ0n) is 7.40. The van der Waals surface area contributed by atoms with Crippen LogP contribution in [0.25, 0.3) is 0 Å². The fraction of sp³-hybridized carbons (Fsp3) is 0.875. The van der Waals surface area contributed by atoms with E-state index < -0.39 is 0 Å². The van der Waals surface area contributed by atoms with Crippen LogP contribution in [0.4, 0.5) is 0 Å². The van der Waals surface area contributed by atoms with Crippen LogP contribution in [-0.4, -0.2) is 18.6 Å². The standard InChI is InChI=1S/C8H16N2O/c1-8(2,3)6-4-7(11)10-5-9-6/h6,9H,4-5H2,1-3H3,(H,10,11). The summed E-state index contributed by atoms with van der Waals surface area (Å²) in [5.41, 5.74) is 0.178. The maximum Gasteiger partial charge on any atom is 0.222 e. The third-order valence-corrected chi connectivity index (χ3v) is 2.07. The van der Waals surface area contributed by atoms with Crippen molar-refractivity contribution in [2.75, 3.05) is 6.67 Å². The molecular formula is C8H16N2O. The van der Waals surface area contributed by atoms with Crippen LogP contribution in [-0.2, 0) is 4.79 Å². The number of hydrogen-bond acceptors (Lipinski definition) is 2. The second kappa shape index (κ2) is 2.81. The Bertz CT molecular complexity index is 160. The van der Waals surface area contributed by atoms with Crippen LogP contribution in [0.15, 0.2) is 0 Å². The van der Waals surface area contributed by atoms with Crippen molar-refractivity contribution in [2.24, 2.45) is 5.41 Å². The second-order valence-corrected chi connectivity index (χ2v) is 4.10. The first kappa shape index (κ1) is 8.53. The molecule has 1 heterocycles. The maximum absolute atomic E-state index is 11.0. The van der Waals surface area contributed by atoms with Gasteiger partial charge in [0.15, 0.2) is 0 Å². The molecule has 1 rings (SSSR count). The summed E-state index contributed by atoms with van der Waals surface area (Å²) in [6, 6.07) is 0.316. The summed E-state index contributed by atoms with van der Waals surface area (Å²) < 4.78 is 0. The van der Waals surface area contributed by atoms with Crippen molar-refractivity contribution in [1.29, 1.82) is 0 Å². The van der Waals surface area contributed by atoms with Crippen molar-refractivity contribution >= 4 is 5.91 Å². The van der Waals surface area contributed by atoms with Gasteiger partial charge in [-0.2, -0.15) is 0 Å². The Balaban J connectivity index is 2.53. The van der Waals surface area contributed by atoms with E-state index in [1.807, 2.05) is 0 Å². The Morgan fingerprint density at radius 3 is 2.45 bits per heavy atom. The minimum atomic E-state index is 0.156. The molecule has 1 amide bonds. The molecule has 0 radical (unpaired) electrons. The zero-order valence-corrected chi connectivity index (χ0v) is 7.40. The summed E-state index contributed by atoms with van der Waals surface area (Å²) in [6.45, 7) is 7.04. The lowest BCUT2D eigenvalue weighted by Crippen LogP contribution is -2.53. The highest BCUT2D eigenvalue weighted by molar-refractivity contribution is 5.77. The normalized spacial score (nSPS) is 26.5. The lowest BCUT2D eigenvalue weighted by molar-refractivity contribution is -0.124. The van der Waals surface area contributed by atoms with Gasteiger partial charge >= 0.3 is 0 Å². The average molecular weight is 156 g/mol. The fourth-order valence-electron chi connectivity index (χ4n) is 1.21. The molecule has 1 fully saturated rings. The largest absolute Gasteiger partial charge is 0.343 e. The smallest absolute Gasteiger partial charge is 0.222 e. The van der Waals surface area contributed by atoms with Crippen LogP contribution in [0.2, 0.25) is 0 Å². The lowest BCUT2D eigenvalue weighted by Gasteiger charge is -2.34. The molecule has 3 heteroatoms. The van der Waals surface area contributed by atoms with Crippen molar-refractivity contribution in [3.05, 3.63) is 0 Å². The van der Waals surface area contributed by atoms with Gasteiger partial charge in [0.2, 0.25) is 5.91 Å². The lowest BCUT2D eigenvalue weighted by atomic mass is 9.84. The van der Waals surface area contributed by atoms with Crippen molar-refractivity contribution in [2.45, 2.75) is 33.2 Å². The highest BCUT2D eigenvalue weighted by atomic mass is 16.1. The minimum Gasteiger partial charge on any atom is -0.343 e. The van der Waals surface area contributed by atoms with E-state index in [0.29, 0.717) is 19.1 Å². The van der Waals surface area contributed by atoms with Gasteiger partial charge in [-0.15, -0.1) is 0 Å². The van der Waals surface area contributed by atoms with Crippen LogP contribution in [0.3, 0.4) is 0 Å². The highest BCUT2D eigenvalue weighted by Crippen LogP contribution is 2.22. The van der Waals surface area contributed by atoms with Crippen LogP contribution < -0.4 is 10.6 Å². The number of carbonyl (C=O) groups excluding carboxylic acids is 1. The molecule has 0 saturated carbocycles. The molecule has 1 unspecified atom stereocenters. The Hall–Kier alpha value is -0.570. The van der Waals surface area contributed by atoms with Gasteiger partial charge in [0.1, 0.15) is 0 Å². The van der Waals surface area contributed by atoms with E-state index in [1.165, 1.54) is 0 Å². The predicted octanol–water partition coefficient (Wildman–Crippen LogP) is 0.468. The summed E-state index contributed by atoms with van der Waals surface area (Å²) >= 11 is 0. The van der Waals surface area contributed by atoms with E-state index in [2.05, 4.69) is 31.4 Å². The Labute approximate surface area is 67.5 Å². The van der Waals surface area contributed by atoms with Crippen molar-refractivity contribution in [3.8, 4) is 0 Å².